The minimum Gasteiger partial charge on any atom is -0.481 e. The van der Waals surface area contributed by atoms with Crippen LogP contribution < -0.4 is 10.1 Å². The van der Waals surface area contributed by atoms with Gasteiger partial charge < -0.3 is 10.1 Å². The molecule has 110 valence electrons. The Morgan fingerprint density at radius 1 is 1.30 bits per heavy atom. The number of ether oxygens (including phenoxy) is 1. The molecular formula is C16H22FNO2. The molecular weight excluding hydrogens is 257 g/mol. The summed E-state index contributed by atoms with van der Waals surface area (Å²) in [6, 6.07) is 5.95. The molecule has 0 aromatic heterocycles. The van der Waals surface area contributed by atoms with Crippen molar-refractivity contribution in [2.45, 2.75) is 51.7 Å². The van der Waals surface area contributed by atoms with E-state index in [1.807, 2.05) is 0 Å². The number of rotatable bonds is 4. The van der Waals surface area contributed by atoms with Crippen LogP contribution in [0.1, 0.15) is 39.5 Å². The van der Waals surface area contributed by atoms with E-state index in [-0.39, 0.29) is 17.8 Å². The standard InChI is InChI=1S/C16H22FNO2/c1-11-5-3-4-6-15(11)18-16(19)12(2)20-14-9-7-13(17)8-10-14/h7-12,15H,3-6H2,1-2H3,(H,18,19)/t11-,12-,15+/m0/s1. The lowest BCUT2D eigenvalue weighted by Crippen LogP contribution is -2.46. The van der Waals surface area contributed by atoms with Gasteiger partial charge in [0.15, 0.2) is 6.10 Å². The molecule has 1 aromatic rings. The van der Waals surface area contributed by atoms with Crippen LogP contribution in [0.2, 0.25) is 0 Å². The van der Waals surface area contributed by atoms with Crippen LogP contribution >= 0.6 is 0 Å². The van der Waals surface area contributed by atoms with E-state index in [2.05, 4.69) is 12.2 Å². The predicted octanol–water partition coefficient (Wildman–Crippen LogP) is 3.29. The van der Waals surface area contributed by atoms with Gasteiger partial charge in [0.05, 0.1) is 0 Å². The lowest BCUT2D eigenvalue weighted by atomic mass is 9.86. The molecule has 0 saturated heterocycles. The molecule has 3 nitrogen and oxygen atoms in total. The van der Waals surface area contributed by atoms with E-state index in [0.29, 0.717) is 11.7 Å². The fourth-order valence-electron chi connectivity index (χ4n) is 2.60. The maximum Gasteiger partial charge on any atom is 0.261 e. The van der Waals surface area contributed by atoms with Gasteiger partial charge in [0.25, 0.3) is 5.91 Å². The Hall–Kier alpha value is -1.58. The topological polar surface area (TPSA) is 38.3 Å². The Labute approximate surface area is 119 Å². The van der Waals surface area contributed by atoms with Crippen LogP contribution in [0.25, 0.3) is 0 Å². The molecule has 1 aliphatic rings. The molecule has 1 aliphatic carbocycles. The predicted molar refractivity (Wildman–Crippen MR) is 76.1 cm³/mol. The lowest BCUT2D eigenvalue weighted by molar-refractivity contribution is -0.128. The van der Waals surface area contributed by atoms with Crippen molar-refractivity contribution in [2.75, 3.05) is 0 Å². The minimum absolute atomic E-state index is 0.104. The number of hydrogen-bond acceptors (Lipinski definition) is 2. The van der Waals surface area contributed by atoms with Crippen LogP contribution in [0, 0.1) is 11.7 Å². The third kappa shape index (κ3) is 3.95. The smallest absolute Gasteiger partial charge is 0.261 e. The third-order valence-electron chi connectivity index (χ3n) is 3.93. The fraction of sp³-hybridized carbons (Fsp3) is 0.562. The normalized spacial score (nSPS) is 23.9. The minimum atomic E-state index is -0.574. The van der Waals surface area contributed by atoms with Crippen LogP contribution in [-0.2, 0) is 4.79 Å². The van der Waals surface area contributed by atoms with Gasteiger partial charge in [-0.25, -0.2) is 4.39 Å². The van der Waals surface area contributed by atoms with E-state index in [0.717, 1.165) is 12.8 Å². The quantitative estimate of drug-likeness (QED) is 0.918. The molecule has 0 bridgehead atoms. The maximum absolute atomic E-state index is 12.8. The molecule has 0 heterocycles. The van der Waals surface area contributed by atoms with Crippen molar-refractivity contribution in [1.29, 1.82) is 0 Å². The van der Waals surface area contributed by atoms with E-state index >= 15 is 0 Å². The van der Waals surface area contributed by atoms with Crippen LogP contribution in [-0.4, -0.2) is 18.1 Å². The molecule has 1 saturated carbocycles. The SMILES string of the molecule is C[C@H](Oc1ccc(F)cc1)C(=O)N[C@@H]1CCCC[C@@H]1C. The summed E-state index contributed by atoms with van der Waals surface area (Å²) >= 11 is 0. The molecule has 20 heavy (non-hydrogen) atoms. The lowest BCUT2D eigenvalue weighted by Gasteiger charge is -2.30. The number of hydrogen-bond donors (Lipinski definition) is 1. The van der Waals surface area contributed by atoms with Crippen molar-refractivity contribution in [1.82, 2.24) is 5.32 Å². The van der Waals surface area contributed by atoms with Gasteiger partial charge in [-0.2, -0.15) is 0 Å². The van der Waals surface area contributed by atoms with Crippen LogP contribution in [0.4, 0.5) is 4.39 Å². The van der Waals surface area contributed by atoms with Crippen molar-refractivity contribution in [2.24, 2.45) is 5.92 Å². The first-order valence-corrected chi connectivity index (χ1v) is 7.29. The summed E-state index contributed by atoms with van der Waals surface area (Å²) in [7, 11) is 0. The van der Waals surface area contributed by atoms with Crippen molar-refractivity contribution in [3.05, 3.63) is 30.1 Å². The zero-order valence-electron chi connectivity index (χ0n) is 12.1. The first kappa shape index (κ1) is 14.8. The summed E-state index contributed by atoms with van der Waals surface area (Å²) in [4.78, 5) is 12.1. The number of halogens is 1. The van der Waals surface area contributed by atoms with E-state index in [1.54, 1.807) is 6.92 Å². The number of carbonyl (C=O) groups excluding carboxylic acids is 1. The summed E-state index contributed by atoms with van der Waals surface area (Å²) in [5.41, 5.74) is 0. The van der Waals surface area contributed by atoms with Gasteiger partial charge in [0.2, 0.25) is 0 Å². The highest BCUT2D eigenvalue weighted by Gasteiger charge is 2.25. The maximum atomic E-state index is 12.8. The van der Waals surface area contributed by atoms with E-state index in [1.165, 1.54) is 37.1 Å². The molecule has 0 radical (unpaired) electrons. The molecule has 0 aliphatic heterocycles. The van der Waals surface area contributed by atoms with Crippen molar-refractivity contribution in [3.8, 4) is 5.75 Å². The fourth-order valence-corrected chi connectivity index (χ4v) is 2.60. The first-order valence-electron chi connectivity index (χ1n) is 7.29. The highest BCUT2D eigenvalue weighted by Crippen LogP contribution is 2.24. The van der Waals surface area contributed by atoms with E-state index < -0.39 is 6.10 Å². The highest BCUT2D eigenvalue weighted by atomic mass is 19.1. The van der Waals surface area contributed by atoms with Crippen LogP contribution in [0.3, 0.4) is 0 Å². The summed E-state index contributed by atoms with van der Waals surface area (Å²) in [5.74, 6) is 0.607. The van der Waals surface area contributed by atoms with E-state index in [4.69, 9.17) is 4.74 Å². The van der Waals surface area contributed by atoms with Crippen molar-refractivity contribution < 1.29 is 13.9 Å². The largest absolute Gasteiger partial charge is 0.481 e. The van der Waals surface area contributed by atoms with E-state index in [9.17, 15) is 9.18 Å². The summed E-state index contributed by atoms with van der Waals surface area (Å²) in [5, 5.41) is 3.06. The van der Waals surface area contributed by atoms with Gasteiger partial charge in [0, 0.05) is 6.04 Å². The second-order valence-corrected chi connectivity index (χ2v) is 5.59. The summed E-state index contributed by atoms with van der Waals surface area (Å²) in [6.45, 7) is 3.89. The van der Waals surface area contributed by atoms with Gasteiger partial charge >= 0.3 is 0 Å². The molecule has 0 unspecified atom stereocenters. The highest BCUT2D eigenvalue weighted by molar-refractivity contribution is 5.81. The Bertz CT molecular complexity index is 446. The molecule has 1 fully saturated rings. The van der Waals surface area contributed by atoms with Gasteiger partial charge in [-0.1, -0.05) is 19.8 Å². The number of nitrogens with one attached hydrogen (secondary N) is 1. The molecule has 3 atom stereocenters. The molecule has 1 N–H and O–H groups in total. The summed E-state index contributed by atoms with van der Waals surface area (Å²) in [6.07, 6.45) is 4.04. The third-order valence-corrected chi connectivity index (χ3v) is 3.93. The molecule has 1 aromatic carbocycles. The zero-order valence-corrected chi connectivity index (χ0v) is 12.1. The average Bonchev–Trinajstić information content (AvgIpc) is 2.44. The first-order chi connectivity index (χ1) is 9.56. The Morgan fingerprint density at radius 2 is 1.95 bits per heavy atom. The molecule has 2 rings (SSSR count). The number of benzene rings is 1. The van der Waals surface area contributed by atoms with Gasteiger partial charge in [0.1, 0.15) is 11.6 Å². The number of carbonyl (C=O) groups is 1. The average molecular weight is 279 g/mol. The second-order valence-electron chi connectivity index (χ2n) is 5.59. The Balaban J connectivity index is 1.86. The molecule has 4 heteroatoms. The Morgan fingerprint density at radius 3 is 2.60 bits per heavy atom. The Kier molecular flexibility index (Phi) is 4.99. The van der Waals surface area contributed by atoms with Crippen LogP contribution in [0.15, 0.2) is 24.3 Å². The number of amides is 1. The van der Waals surface area contributed by atoms with Crippen molar-refractivity contribution >= 4 is 5.91 Å². The van der Waals surface area contributed by atoms with Gasteiger partial charge in [-0.3, -0.25) is 4.79 Å². The monoisotopic (exact) mass is 279 g/mol. The molecule has 1 amide bonds. The van der Waals surface area contributed by atoms with Gasteiger partial charge in [-0.15, -0.1) is 0 Å². The second kappa shape index (κ2) is 6.73. The van der Waals surface area contributed by atoms with Crippen molar-refractivity contribution in [3.63, 3.8) is 0 Å². The summed E-state index contributed by atoms with van der Waals surface area (Å²) < 4.78 is 18.3. The molecule has 0 spiro atoms. The van der Waals surface area contributed by atoms with Crippen LogP contribution in [0.5, 0.6) is 5.75 Å². The van der Waals surface area contributed by atoms with Gasteiger partial charge in [-0.05, 0) is 49.9 Å². The zero-order chi connectivity index (χ0) is 14.5.